The van der Waals surface area contributed by atoms with Crippen molar-refractivity contribution < 1.29 is 5.11 Å². The fourth-order valence-electron chi connectivity index (χ4n) is 1.74. The van der Waals surface area contributed by atoms with E-state index >= 15 is 0 Å². The number of rotatable bonds is 3. The Morgan fingerprint density at radius 1 is 1.62 bits per heavy atom. The zero-order valence-corrected chi connectivity index (χ0v) is 8.71. The van der Waals surface area contributed by atoms with Crippen molar-refractivity contribution in [1.29, 1.82) is 0 Å². The molecule has 0 saturated heterocycles. The van der Waals surface area contributed by atoms with E-state index in [0.717, 1.165) is 18.8 Å². The van der Waals surface area contributed by atoms with Gasteiger partial charge < -0.3 is 5.11 Å². The number of hydrogen-bond acceptors (Lipinski definition) is 1. The van der Waals surface area contributed by atoms with Crippen molar-refractivity contribution in [3.8, 4) is 0 Å². The molecule has 0 spiro atoms. The predicted octanol–water partition coefficient (Wildman–Crippen LogP) is 3.97. The van der Waals surface area contributed by atoms with E-state index in [4.69, 9.17) is 0 Å². The highest BCUT2D eigenvalue weighted by Gasteiger charge is 2.12. The van der Waals surface area contributed by atoms with Gasteiger partial charge in [0.1, 0.15) is 0 Å². The second kappa shape index (κ2) is 5.11. The van der Waals surface area contributed by atoms with Crippen molar-refractivity contribution in [3.63, 3.8) is 0 Å². The summed E-state index contributed by atoms with van der Waals surface area (Å²) in [6, 6.07) is 0. The van der Waals surface area contributed by atoms with Gasteiger partial charge in [-0.05, 0) is 51.5 Å². The third kappa shape index (κ3) is 4.16. The molecule has 0 bridgehead atoms. The molecule has 0 radical (unpaired) electrons. The van der Waals surface area contributed by atoms with Crippen molar-refractivity contribution in [3.05, 3.63) is 23.5 Å². The zero-order chi connectivity index (χ0) is 9.68. The topological polar surface area (TPSA) is 20.2 Å². The lowest BCUT2D eigenvalue weighted by atomic mass is 9.89. The Balaban J connectivity index is 2.21. The molecule has 0 fully saturated rings. The van der Waals surface area contributed by atoms with Gasteiger partial charge in [-0.15, -0.1) is 0 Å². The molecule has 0 aliphatic heterocycles. The molecule has 0 aromatic carbocycles. The highest BCUT2D eigenvalue weighted by Crippen LogP contribution is 2.25. The Hall–Kier alpha value is -0.720. The molecule has 1 aliphatic rings. The fraction of sp³-hybridized carbons (Fsp3) is 0.667. The molecule has 1 N–H and O–H groups in total. The molecule has 1 unspecified atom stereocenters. The van der Waals surface area contributed by atoms with Crippen LogP contribution in [-0.2, 0) is 0 Å². The number of allylic oxidation sites excluding steroid dienone is 4. The molecule has 0 amide bonds. The van der Waals surface area contributed by atoms with E-state index in [1.165, 1.54) is 24.8 Å². The first kappa shape index (κ1) is 10.4. The lowest BCUT2D eigenvalue weighted by Crippen LogP contribution is -2.05. The molecule has 74 valence electrons. The van der Waals surface area contributed by atoms with Gasteiger partial charge in [-0.3, -0.25) is 0 Å². The SMILES string of the molecule is CC(C)=CCCC1CC=C(O)CC1. The summed E-state index contributed by atoms with van der Waals surface area (Å²) in [5.41, 5.74) is 1.41. The summed E-state index contributed by atoms with van der Waals surface area (Å²) in [5, 5.41) is 9.19. The lowest BCUT2D eigenvalue weighted by molar-refractivity contribution is 0.329. The van der Waals surface area contributed by atoms with Gasteiger partial charge >= 0.3 is 0 Å². The molecule has 1 aliphatic carbocycles. The second-order valence-corrected chi connectivity index (χ2v) is 4.19. The van der Waals surface area contributed by atoms with Gasteiger partial charge in [0.15, 0.2) is 0 Å². The van der Waals surface area contributed by atoms with Gasteiger partial charge in [0, 0.05) is 6.42 Å². The van der Waals surface area contributed by atoms with Crippen LogP contribution in [-0.4, -0.2) is 5.11 Å². The summed E-state index contributed by atoms with van der Waals surface area (Å²) < 4.78 is 0. The maximum absolute atomic E-state index is 9.19. The minimum Gasteiger partial charge on any atom is -0.513 e. The van der Waals surface area contributed by atoms with Gasteiger partial charge in [0.25, 0.3) is 0 Å². The minimum atomic E-state index is 0.596. The molecule has 1 nitrogen and oxygen atoms in total. The molecule has 0 heterocycles. The van der Waals surface area contributed by atoms with Crippen molar-refractivity contribution >= 4 is 0 Å². The first-order chi connectivity index (χ1) is 6.18. The fourth-order valence-corrected chi connectivity index (χ4v) is 1.74. The highest BCUT2D eigenvalue weighted by molar-refractivity contribution is 4.98. The van der Waals surface area contributed by atoms with E-state index in [9.17, 15) is 5.11 Å². The van der Waals surface area contributed by atoms with Crippen LogP contribution in [0.2, 0.25) is 0 Å². The molecular formula is C12H20O. The van der Waals surface area contributed by atoms with Crippen molar-refractivity contribution in [2.45, 2.75) is 46.0 Å². The van der Waals surface area contributed by atoms with Crippen LogP contribution in [0.1, 0.15) is 46.0 Å². The third-order valence-corrected chi connectivity index (χ3v) is 2.62. The van der Waals surface area contributed by atoms with E-state index in [2.05, 4.69) is 19.9 Å². The molecule has 0 saturated carbocycles. The normalized spacial score (nSPS) is 22.3. The van der Waals surface area contributed by atoms with Crippen LogP contribution in [0, 0.1) is 5.92 Å². The van der Waals surface area contributed by atoms with Gasteiger partial charge in [-0.25, -0.2) is 0 Å². The van der Waals surface area contributed by atoms with Gasteiger partial charge in [0.05, 0.1) is 5.76 Å². The lowest BCUT2D eigenvalue weighted by Gasteiger charge is -2.18. The Morgan fingerprint density at radius 2 is 2.38 bits per heavy atom. The van der Waals surface area contributed by atoms with E-state index in [1.807, 2.05) is 6.08 Å². The number of aliphatic hydroxyl groups excluding tert-OH is 1. The van der Waals surface area contributed by atoms with Gasteiger partial charge in [-0.1, -0.05) is 11.6 Å². The summed E-state index contributed by atoms with van der Waals surface area (Å²) >= 11 is 0. The standard InChI is InChI=1S/C12H20O/c1-10(2)4-3-5-11-6-8-12(13)9-7-11/h4,8,11,13H,3,5-7,9H2,1-2H3. The number of aliphatic hydroxyl groups is 1. The van der Waals surface area contributed by atoms with E-state index in [1.54, 1.807) is 0 Å². The van der Waals surface area contributed by atoms with E-state index in [-0.39, 0.29) is 0 Å². The minimum absolute atomic E-state index is 0.596. The van der Waals surface area contributed by atoms with Crippen molar-refractivity contribution in [1.82, 2.24) is 0 Å². The molecule has 1 atom stereocenters. The Morgan fingerprint density at radius 3 is 2.92 bits per heavy atom. The van der Waals surface area contributed by atoms with Crippen LogP contribution in [0.25, 0.3) is 0 Å². The summed E-state index contributed by atoms with van der Waals surface area (Å²) in [6.45, 7) is 4.29. The summed E-state index contributed by atoms with van der Waals surface area (Å²) in [7, 11) is 0. The van der Waals surface area contributed by atoms with Crippen LogP contribution < -0.4 is 0 Å². The monoisotopic (exact) mass is 180 g/mol. The first-order valence-corrected chi connectivity index (χ1v) is 5.20. The van der Waals surface area contributed by atoms with Crippen LogP contribution in [0.5, 0.6) is 0 Å². The van der Waals surface area contributed by atoms with Crippen molar-refractivity contribution in [2.75, 3.05) is 0 Å². The summed E-state index contributed by atoms with van der Waals surface area (Å²) in [5.74, 6) is 1.39. The maximum atomic E-state index is 9.19. The Labute approximate surface area is 81.2 Å². The molecule has 0 aromatic rings. The van der Waals surface area contributed by atoms with Crippen LogP contribution >= 0.6 is 0 Å². The molecule has 1 heteroatoms. The first-order valence-electron chi connectivity index (χ1n) is 5.20. The average Bonchev–Trinajstić information content (AvgIpc) is 2.08. The smallest absolute Gasteiger partial charge is 0.0883 e. The Kier molecular flexibility index (Phi) is 4.07. The van der Waals surface area contributed by atoms with E-state index < -0.39 is 0 Å². The second-order valence-electron chi connectivity index (χ2n) is 4.19. The zero-order valence-electron chi connectivity index (χ0n) is 8.71. The molecule has 1 rings (SSSR count). The van der Waals surface area contributed by atoms with Gasteiger partial charge in [-0.2, -0.15) is 0 Å². The largest absolute Gasteiger partial charge is 0.513 e. The van der Waals surface area contributed by atoms with Crippen molar-refractivity contribution in [2.24, 2.45) is 5.92 Å². The Bertz CT molecular complexity index is 209. The number of hydrogen-bond donors (Lipinski definition) is 1. The maximum Gasteiger partial charge on any atom is 0.0883 e. The highest BCUT2D eigenvalue weighted by atomic mass is 16.3. The van der Waals surface area contributed by atoms with Crippen LogP contribution in [0.4, 0.5) is 0 Å². The summed E-state index contributed by atoms with van der Waals surface area (Å²) in [6.07, 6.45) is 9.88. The van der Waals surface area contributed by atoms with E-state index in [0.29, 0.717) is 5.76 Å². The van der Waals surface area contributed by atoms with Crippen LogP contribution in [0.15, 0.2) is 23.5 Å². The molecular weight excluding hydrogens is 160 g/mol. The third-order valence-electron chi connectivity index (χ3n) is 2.62. The quantitative estimate of drug-likeness (QED) is 0.651. The summed E-state index contributed by atoms with van der Waals surface area (Å²) in [4.78, 5) is 0. The average molecular weight is 180 g/mol. The van der Waals surface area contributed by atoms with Gasteiger partial charge in [0.2, 0.25) is 0 Å². The molecule has 13 heavy (non-hydrogen) atoms. The van der Waals surface area contributed by atoms with Crippen LogP contribution in [0.3, 0.4) is 0 Å². The molecule has 0 aromatic heterocycles. The predicted molar refractivity (Wildman–Crippen MR) is 56.7 cm³/mol.